The molecular weight excluding hydrogens is 252 g/mol. The van der Waals surface area contributed by atoms with Gasteiger partial charge < -0.3 is 15.7 Å². The number of amides is 1. The first-order chi connectivity index (χ1) is 9.72. The zero-order valence-corrected chi connectivity index (χ0v) is 12.8. The van der Waals surface area contributed by atoms with Crippen molar-refractivity contribution in [3.63, 3.8) is 0 Å². The maximum Gasteiger partial charge on any atom is 0.227 e. The molecule has 1 aliphatic carbocycles. The Morgan fingerprint density at radius 1 is 1.35 bits per heavy atom. The second-order valence-corrected chi connectivity index (χ2v) is 6.65. The van der Waals surface area contributed by atoms with Gasteiger partial charge in [0, 0.05) is 19.7 Å². The van der Waals surface area contributed by atoms with Gasteiger partial charge in [0.1, 0.15) is 0 Å². The Kier molecular flexibility index (Phi) is 5.85. The smallest absolute Gasteiger partial charge is 0.227 e. The highest BCUT2D eigenvalue weighted by Gasteiger charge is 2.40. The van der Waals surface area contributed by atoms with E-state index in [0.717, 1.165) is 51.7 Å². The summed E-state index contributed by atoms with van der Waals surface area (Å²) in [6, 6.07) is 0. The third kappa shape index (κ3) is 3.53. The number of rotatable bonds is 6. The van der Waals surface area contributed by atoms with Crippen LogP contribution in [0.4, 0.5) is 0 Å². The van der Waals surface area contributed by atoms with Gasteiger partial charge in [0.2, 0.25) is 5.91 Å². The molecule has 0 spiro atoms. The molecule has 1 saturated carbocycles. The van der Waals surface area contributed by atoms with Crippen LogP contribution in [0.15, 0.2) is 0 Å². The monoisotopic (exact) mass is 282 g/mol. The molecule has 1 saturated heterocycles. The Morgan fingerprint density at radius 2 is 2.10 bits per heavy atom. The molecule has 2 rings (SSSR count). The first-order valence-corrected chi connectivity index (χ1v) is 8.32. The van der Waals surface area contributed by atoms with Gasteiger partial charge in [-0.05, 0) is 44.1 Å². The molecule has 0 aromatic rings. The molecule has 1 aliphatic heterocycles. The minimum atomic E-state index is -0.182. The molecule has 0 bridgehead atoms. The summed E-state index contributed by atoms with van der Waals surface area (Å²) in [6.45, 7) is 4.94. The largest absolute Gasteiger partial charge is 0.396 e. The van der Waals surface area contributed by atoms with Crippen molar-refractivity contribution in [2.24, 2.45) is 17.3 Å². The number of aliphatic hydroxyl groups is 1. The van der Waals surface area contributed by atoms with E-state index >= 15 is 0 Å². The van der Waals surface area contributed by atoms with E-state index in [4.69, 9.17) is 0 Å². The summed E-state index contributed by atoms with van der Waals surface area (Å²) in [5.41, 5.74) is -0.182. The van der Waals surface area contributed by atoms with Crippen LogP contribution in [0.25, 0.3) is 0 Å². The number of carbonyl (C=O) groups is 1. The second kappa shape index (κ2) is 7.41. The molecule has 3 unspecified atom stereocenters. The second-order valence-electron chi connectivity index (χ2n) is 6.65. The van der Waals surface area contributed by atoms with Gasteiger partial charge in [0.15, 0.2) is 0 Å². The van der Waals surface area contributed by atoms with Crippen molar-refractivity contribution in [2.75, 3.05) is 26.2 Å². The third-order valence-electron chi connectivity index (χ3n) is 5.28. The zero-order chi connectivity index (χ0) is 14.4. The van der Waals surface area contributed by atoms with Gasteiger partial charge >= 0.3 is 0 Å². The quantitative estimate of drug-likeness (QED) is 0.694. The number of carbonyl (C=O) groups excluding carboxylic acids is 1. The third-order valence-corrected chi connectivity index (χ3v) is 5.28. The summed E-state index contributed by atoms with van der Waals surface area (Å²) in [5.74, 6) is 1.07. The Bertz CT molecular complexity index is 314. The van der Waals surface area contributed by atoms with E-state index in [-0.39, 0.29) is 17.9 Å². The minimum Gasteiger partial charge on any atom is -0.396 e. The normalized spacial score (nSPS) is 34.1. The molecule has 3 atom stereocenters. The number of hydrogen-bond donors (Lipinski definition) is 3. The lowest BCUT2D eigenvalue weighted by atomic mass is 9.78. The van der Waals surface area contributed by atoms with Crippen molar-refractivity contribution in [3.8, 4) is 0 Å². The fourth-order valence-electron chi connectivity index (χ4n) is 3.95. The standard InChI is InChI=1S/C16H30N2O2/c1-2-7-16(8-9-17-12-16)15(20)18-10-13-5-3-4-6-14(13)11-19/h13-14,17,19H,2-12H2,1H3,(H,18,20). The van der Waals surface area contributed by atoms with Crippen molar-refractivity contribution in [3.05, 3.63) is 0 Å². The van der Waals surface area contributed by atoms with E-state index in [1.54, 1.807) is 0 Å². The summed E-state index contributed by atoms with van der Waals surface area (Å²) < 4.78 is 0. The number of aliphatic hydroxyl groups excluding tert-OH is 1. The summed E-state index contributed by atoms with van der Waals surface area (Å²) in [6.07, 6.45) is 7.69. The molecule has 1 amide bonds. The topological polar surface area (TPSA) is 61.4 Å². The van der Waals surface area contributed by atoms with Crippen molar-refractivity contribution < 1.29 is 9.90 Å². The summed E-state index contributed by atoms with van der Waals surface area (Å²) in [5, 5.41) is 16.0. The van der Waals surface area contributed by atoms with E-state index in [1.807, 2.05) is 0 Å². The van der Waals surface area contributed by atoms with Gasteiger partial charge in [-0.1, -0.05) is 26.2 Å². The highest BCUT2D eigenvalue weighted by atomic mass is 16.3. The molecule has 2 fully saturated rings. The molecule has 20 heavy (non-hydrogen) atoms. The lowest BCUT2D eigenvalue weighted by molar-refractivity contribution is -0.130. The molecule has 2 aliphatic rings. The molecule has 0 aromatic carbocycles. The van der Waals surface area contributed by atoms with Gasteiger partial charge in [-0.15, -0.1) is 0 Å². The summed E-state index contributed by atoms with van der Waals surface area (Å²) in [4.78, 5) is 12.6. The average Bonchev–Trinajstić information content (AvgIpc) is 2.95. The average molecular weight is 282 g/mol. The fourth-order valence-corrected chi connectivity index (χ4v) is 3.95. The highest BCUT2D eigenvalue weighted by Crippen LogP contribution is 2.32. The highest BCUT2D eigenvalue weighted by molar-refractivity contribution is 5.83. The number of nitrogens with one attached hydrogen (secondary N) is 2. The zero-order valence-electron chi connectivity index (χ0n) is 12.8. The van der Waals surface area contributed by atoms with E-state index < -0.39 is 0 Å². The summed E-state index contributed by atoms with van der Waals surface area (Å²) >= 11 is 0. The number of hydrogen-bond acceptors (Lipinski definition) is 3. The fraction of sp³-hybridized carbons (Fsp3) is 0.938. The molecule has 0 aromatic heterocycles. The van der Waals surface area contributed by atoms with Crippen LogP contribution < -0.4 is 10.6 Å². The first-order valence-electron chi connectivity index (χ1n) is 8.32. The van der Waals surface area contributed by atoms with Crippen LogP contribution in [0.3, 0.4) is 0 Å². The van der Waals surface area contributed by atoms with Crippen molar-refractivity contribution in [1.29, 1.82) is 0 Å². The van der Waals surface area contributed by atoms with Crippen LogP contribution in [0.5, 0.6) is 0 Å². The van der Waals surface area contributed by atoms with Crippen molar-refractivity contribution >= 4 is 5.91 Å². The molecule has 1 heterocycles. The molecule has 3 N–H and O–H groups in total. The van der Waals surface area contributed by atoms with Crippen LogP contribution in [0.1, 0.15) is 51.9 Å². The predicted octanol–water partition coefficient (Wildman–Crippen LogP) is 1.68. The van der Waals surface area contributed by atoms with Crippen LogP contribution in [-0.4, -0.2) is 37.3 Å². The van der Waals surface area contributed by atoms with Gasteiger partial charge in [0.05, 0.1) is 5.41 Å². The molecule has 4 nitrogen and oxygen atoms in total. The van der Waals surface area contributed by atoms with E-state index in [0.29, 0.717) is 11.8 Å². The van der Waals surface area contributed by atoms with Crippen LogP contribution in [0.2, 0.25) is 0 Å². The van der Waals surface area contributed by atoms with Crippen LogP contribution >= 0.6 is 0 Å². The van der Waals surface area contributed by atoms with Crippen molar-refractivity contribution in [1.82, 2.24) is 10.6 Å². The van der Waals surface area contributed by atoms with E-state index in [2.05, 4.69) is 17.6 Å². The molecule has 0 radical (unpaired) electrons. The molecule has 4 heteroatoms. The lowest BCUT2D eigenvalue weighted by Gasteiger charge is -2.32. The van der Waals surface area contributed by atoms with Gasteiger partial charge in [-0.2, -0.15) is 0 Å². The van der Waals surface area contributed by atoms with Crippen LogP contribution in [-0.2, 0) is 4.79 Å². The Morgan fingerprint density at radius 3 is 2.70 bits per heavy atom. The Balaban J connectivity index is 1.87. The van der Waals surface area contributed by atoms with Crippen molar-refractivity contribution in [2.45, 2.75) is 51.9 Å². The molecule has 116 valence electrons. The van der Waals surface area contributed by atoms with Gasteiger partial charge in [0.25, 0.3) is 0 Å². The lowest BCUT2D eigenvalue weighted by Crippen LogP contribution is -2.45. The molecular formula is C16H30N2O2. The van der Waals surface area contributed by atoms with E-state index in [1.165, 1.54) is 12.8 Å². The first kappa shape index (κ1) is 15.8. The maximum atomic E-state index is 12.6. The van der Waals surface area contributed by atoms with E-state index in [9.17, 15) is 9.90 Å². The SMILES string of the molecule is CCCC1(C(=O)NCC2CCCCC2CO)CCNC1. The van der Waals surface area contributed by atoms with Crippen LogP contribution in [0, 0.1) is 17.3 Å². The predicted molar refractivity (Wildman–Crippen MR) is 80.4 cm³/mol. The Hall–Kier alpha value is -0.610. The van der Waals surface area contributed by atoms with Gasteiger partial charge in [-0.3, -0.25) is 4.79 Å². The van der Waals surface area contributed by atoms with Gasteiger partial charge in [-0.25, -0.2) is 0 Å². The Labute approximate surface area is 122 Å². The minimum absolute atomic E-state index is 0.182. The summed E-state index contributed by atoms with van der Waals surface area (Å²) in [7, 11) is 0. The maximum absolute atomic E-state index is 12.6.